The van der Waals surface area contributed by atoms with Gasteiger partial charge in [0.25, 0.3) is 0 Å². The van der Waals surface area contributed by atoms with Crippen LogP contribution in [0.4, 0.5) is 0 Å². The van der Waals surface area contributed by atoms with E-state index in [1.54, 1.807) is 0 Å². The number of aryl methyl sites for hydroxylation is 2. The molecule has 1 aliphatic rings. The molecule has 0 radical (unpaired) electrons. The van der Waals surface area contributed by atoms with Gasteiger partial charge in [0.1, 0.15) is 0 Å². The summed E-state index contributed by atoms with van der Waals surface area (Å²) in [6.45, 7) is 9.63. The van der Waals surface area contributed by atoms with Crippen LogP contribution < -0.4 is 0 Å². The Morgan fingerprint density at radius 2 is 1.85 bits per heavy atom. The SMILES string of the molecule is Cc1cc(CN2CCN(CC(=O)N(C)Cc3ccccc3C)CC2)on1. The second-order valence-corrected chi connectivity index (χ2v) is 7.16. The Morgan fingerprint density at radius 3 is 2.50 bits per heavy atom. The van der Waals surface area contributed by atoms with Crippen molar-refractivity contribution in [1.29, 1.82) is 0 Å². The Hall–Kier alpha value is -2.18. The fourth-order valence-electron chi connectivity index (χ4n) is 3.26. The van der Waals surface area contributed by atoms with Gasteiger partial charge in [-0.1, -0.05) is 29.4 Å². The molecule has 3 rings (SSSR count). The highest BCUT2D eigenvalue weighted by molar-refractivity contribution is 5.78. The lowest BCUT2D eigenvalue weighted by atomic mass is 10.1. The highest BCUT2D eigenvalue weighted by atomic mass is 16.5. The summed E-state index contributed by atoms with van der Waals surface area (Å²) in [4.78, 5) is 19.0. The van der Waals surface area contributed by atoms with Crippen molar-refractivity contribution < 1.29 is 9.32 Å². The molecule has 0 N–H and O–H groups in total. The largest absolute Gasteiger partial charge is 0.360 e. The number of likely N-dealkylation sites (N-methyl/N-ethyl adjacent to an activating group) is 1. The zero-order valence-corrected chi connectivity index (χ0v) is 15.9. The van der Waals surface area contributed by atoms with Gasteiger partial charge in [-0.3, -0.25) is 14.6 Å². The standard InChI is InChI=1S/C20H28N4O2/c1-16-6-4-5-7-18(16)13-22(3)20(25)15-24-10-8-23(9-11-24)14-19-12-17(2)21-26-19/h4-7,12H,8-11,13-15H2,1-3H3. The maximum absolute atomic E-state index is 12.5. The molecule has 6 nitrogen and oxygen atoms in total. The van der Waals surface area contributed by atoms with Crippen LogP contribution in [0.1, 0.15) is 22.6 Å². The van der Waals surface area contributed by atoms with Crippen molar-refractivity contribution in [1.82, 2.24) is 19.9 Å². The summed E-state index contributed by atoms with van der Waals surface area (Å²) in [6, 6.07) is 10.2. The van der Waals surface area contributed by atoms with Crippen molar-refractivity contribution in [2.75, 3.05) is 39.8 Å². The zero-order chi connectivity index (χ0) is 18.5. The summed E-state index contributed by atoms with van der Waals surface area (Å²) in [7, 11) is 1.89. The van der Waals surface area contributed by atoms with E-state index in [0.29, 0.717) is 13.1 Å². The quantitative estimate of drug-likeness (QED) is 0.793. The minimum atomic E-state index is 0.174. The van der Waals surface area contributed by atoms with Gasteiger partial charge in [-0.2, -0.15) is 0 Å². The smallest absolute Gasteiger partial charge is 0.236 e. The third-order valence-corrected chi connectivity index (χ3v) is 4.97. The van der Waals surface area contributed by atoms with E-state index in [-0.39, 0.29) is 5.91 Å². The topological polar surface area (TPSA) is 52.8 Å². The molecule has 0 bridgehead atoms. The highest BCUT2D eigenvalue weighted by Gasteiger charge is 2.21. The molecule has 0 atom stereocenters. The molecule has 0 aliphatic carbocycles. The summed E-state index contributed by atoms with van der Waals surface area (Å²) in [5, 5.41) is 3.93. The van der Waals surface area contributed by atoms with Crippen LogP contribution in [0.3, 0.4) is 0 Å². The second kappa shape index (κ2) is 8.47. The number of hydrogen-bond acceptors (Lipinski definition) is 5. The van der Waals surface area contributed by atoms with Crippen molar-refractivity contribution >= 4 is 5.91 Å². The lowest BCUT2D eigenvalue weighted by Crippen LogP contribution is -2.49. The monoisotopic (exact) mass is 356 g/mol. The molecule has 1 aromatic carbocycles. The summed E-state index contributed by atoms with van der Waals surface area (Å²) in [5.74, 6) is 1.08. The average molecular weight is 356 g/mol. The number of nitrogens with zero attached hydrogens (tertiary/aromatic N) is 4. The van der Waals surface area contributed by atoms with Gasteiger partial charge in [-0.25, -0.2) is 0 Å². The molecule has 0 saturated carbocycles. The first-order valence-corrected chi connectivity index (χ1v) is 9.16. The lowest BCUT2D eigenvalue weighted by Gasteiger charge is -2.34. The van der Waals surface area contributed by atoms with Crippen LogP contribution in [-0.4, -0.2) is 65.5 Å². The number of carbonyl (C=O) groups excluding carboxylic acids is 1. The molecule has 6 heteroatoms. The molecular formula is C20H28N4O2. The molecule has 2 heterocycles. The van der Waals surface area contributed by atoms with Crippen LogP contribution in [0.2, 0.25) is 0 Å². The molecule has 0 unspecified atom stereocenters. The van der Waals surface area contributed by atoms with E-state index < -0.39 is 0 Å². The van der Waals surface area contributed by atoms with E-state index >= 15 is 0 Å². The molecule has 26 heavy (non-hydrogen) atoms. The summed E-state index contributed by atoms with van der Waals surface area (Å²) >= 11 is 0. The summed E-state index contributed by atoms with van der Waals surface area (Å²) in [5.41, 5.74) is 3.35. The van der Waals surface area contributed by atoms with Gasteiger partial charge < -0.3 is 9.42 Å². The fraction of sp³-hybridized carbons (Fsp3) is 0.500. The van der Waals surface area contributed by atoms with Gasteiger partial charge in [0, 0.05) is 45.8 Å². The van der Waals surface area contributed by atoms with Gasteiger partial charge in [-0.15, -0.1) is 0 Å². The van der Waals surface area contributed by atoms with Gasteiger partial charge in [-0.05, 0) is 25.0 Å². The minimum Gasteiger partial charge on any atom is -0.360 e. The van der Waals surface area contributed by atoms with E-state index in [1.165, 1.54) is 11.1 Å². The Morgan fingerprint density at radius 1 is 1.15 bits per heavy atom. The van der Waals surface area contributed by atoms with Crippen molar-refractivity contribution in [2.24, 2.45) is 0 Å². The summed E-state index contributed by atoms with van der Waals surface area (Å²) in [6.07, 6.45) is 0. The third-order valence-electron chi connectivity index (χ3n) is 4.97. The highest BCUT2D eigenvalue weighted by Crippen LogP contribution is 2.12. The number of amides is 1. The van der Waals surface area contributed by atoms with Crippen LogP contribution in [0.25, 0.3) is 0 Å². The van der Waals surface area contributed by atoms with E-state index in [2.05, 4.69) is 34.0 Å². The Balaban J connectivity index is 1.43. The maximum Gasteiger partial charge on any atom is 0.236 e. The average Bonchev–Trinajstić information content (AvgIpc) is 3.03. The Bertz CT molecular complexity index is 735. The second-order valence-electron chi connectivity index (χ2n) is 7.16. The van der Waals surface area contributed by atoms with Crippen LogP contribution in [0.5, 0.6) is 0 Å². The van der Waals surface area contributed by atoms with Gasteiger partial charge in [0.2, 0.25) is 5.91 Å². The number of aromatic nitrogens is 1. The zero-order valence-electron chi connectivity index (χ0n) is 15.9. The number of piperazine rings is 1. The lowest BCUT2D eigenvalue weighted by molar-refractivity contribution is -0.132. The first-order valence-electron chi connectivity index (χ1n) is 9.16. The van der Waals surface area contributed by atoms with E-state index in [4.69, 9.17) is 4.52 Å². The normalized spacial score (nSPS) is 16.0. The molecule has 1 aromatic heterocycles. The van der Waals surface area contributed by atoms with Crippen molar-refractivity contribution in [2.45, 2.75) is 26.9 Å². The van der Waals surface area contributed by atoms with E-state index in [1.807, 2.05) is 37.1 Å². The minimum absolute atomic E-state index is 0.174. The predicted molar refractivity (Wildman–Crippen MR) is 101 cm³/mol. The fourth-order valence-corrected chi connectivity index (χ4v) is 3.26. The third kappa shape index (κ3) is 4.93. The molecule has 1 fully saturated rings. The Kier molecular flexibility index (Phi) is 6.06. The van der Waals surface area contributed by atoms with Crippen LogP contribution in [-0.2, 0) is 17.9 Å². The molecule has 1 aliphatic heterocycles. The van der Waals surface area contributed by atoms with Crippen molar-refractivity contribution in [3.8, 4) is 0 Å². The number of carbonyl (C=O) groups is 1. The molecule has 140 valence electrons. The molecule has 1 amide bonds. The van der Waals surface area contributed by atoms with Crippen LogP contribution in [0.15, 0.2) is 34.9 Å². The van der Waals surface area contributed by atoms with Gasteiger partial charge in [0.15, 0.2) is 5.76 Å². The number of rotatable bonds is 6. The van der Waals surface area contributed by atoms with Crippen molar-refractivity contribution in [3.05, 3.63) is 52.9 Å². The Labute approximate surface area is 155 Å². The first kappa shape index (κ1) is 18.6. The molecular weight excluding hydrogens is 328 g/mol. The predicted octanol–water partition coefficient (Wildman–Crippen LogP) is 2.07. The van der Waals surface area contributed by atoms with Gasteiger partial charge in [0.05, 0.1) is 18.8 Å². The summed E-state index contributed by atoms with van der Waals surface area (Å²) < 4.78 is 5.29. The molecule has 2 aromatic rings. The number of benzene rings is 1. The molecule has 0 spiro atoms. The maximum atomic E-state index is 12.5. The number of hydrogen-bond donors (Lipinski definition) is 0. The van der Waals surface area contributed by atoms with Crippen molar-refractivity contribution in [3.63, 3.8) is 0 Å². The molecule has 1 saturated heterocycles. The first-order chi connectivity index (χ1) is 12.5. The van der Waals surface area contributed by atoms with E-state index in [0.717, 1.165) is 44.2 Å². The van der Waals surface area contributed by atoms with Gasteiger partial charge >= 0.3 is 0 Å². The van der Waals surface area contributed by atoms with E-state index in [9.17, 15) is 4.79 Å². The van der Waals surface area contributed by atoms with Crippen LogP contribution >= 0.6 is 0 Å². The van der Waals surface area contributed by atoms with Crippen LogP contribution in [0, 0.1) is 13.8 Å².